The first-order valence-electron chi connectivity index (χ1n) is 9.34. The Morgan fingerprint density at radius 3 is 2.66 bits per heavy atom. The highest BCUT2D eigenvalue weighted by Gasteiger charge is 2.26. The van der Waals surface area contributed by atoms with Gasteiger partial charge in [-0.05, 0) is 61.3 Å². The average Bonchev–Trinajstić information content (AvgIpc) is 2.68. The molecule has 1 heterocycles. The minimum Gasteiger partial charge on any atom is -0.492 e. The summed E-state index contributed by atoms with van der Waals surface area (Å²) in [5, 5.41) is 2.98. The van der Waals surface area contributed by atoms with Crippen LogP contribution in [0.5, 0.6) is 5.75 Å². The van der Waals surface area contributed by atoms with E-state index in [1.165, 1.54) is 6.07 Å². The molecule has 1 fully saturated rings. The first-order chi connectivity index (χ1) is 13.1. The van der Waals surface area contributed by atoms with E-state index in [2.05, 4.69) is 10.2 Å². The quantitative estimate of drug-likeness (QED) is 0.681. The molecule has 3 rings (SSSR count). The SMILES string of the molecule is Cl.Cl.NCCOc1ccc(NC(=O)C2CCCN(Cc3cccc(F)c3)C2)cc1. The highest BCUT2D eigenvalue weighted by molar-refractivity contribution is 5.92. The summed E-state index contributed by atoms with van der Waals surface area (Å²) in [6.45, 7) is 3.20. The summed E-state index contributed by atoms with van der Waals surface area (Å²) in [6.07, 6.45) is 1.82. The molecule has 1 atom stereocenters. The molecule has 0 saturated carbocycles. The van der Waals surface area contributed by atoms with E-state index in [4.69, 9.17) is 10.5 Å². The van der Waals surface area contributed by atoms with Crippen LogP contribution in [0.15, 0.2) is 48.5 Å². The van der Waals surface area contributed by atoms with Crippen molar-refractivity contribution >= 4 is 36.4 Å². The number of piperidine rings is 1. The molecule has 0 radical (unpaired) electrons. The fourth-order valence-corrected chi connectivity index (χ4v) is 3.36. The van der Waals surface area contributed by atoms with Crippen LogP contribution in [0.4, 0.5) is 10.1 Å². The minimum absolute atomic E-state index is 0. The summed E-state index contributed by atoms with van der Waals surface area (Å²) in [6, 6.07) is 13.9. The number of nitrogens with zero attached hydrogens (tertiary/aromatic N) is 1. The summed E-state index contributed by atoms with van der Waals surface area (Å²) in [5.41, 5.74) is 7.10. The minimum atomic E-state index is -0.224. The molecule has 160 valence electrons. The number of halogens is 3. The van der Waals surface area contributed by atoms with Crippen LogP contribution in [0.25, 0.3) is 0 Å². The number of anilines is 1. The predicted octanol–water partition coefficient (Wildman–Crippen LogP) is 3.86. The van der Waals surface area contributed by atoms with Gasteiger partial charge in [-0.2, -0.15) is 0 Å². The maximum Gasteiger partial charge on any atom is 0.228 e. The van der Waals surface area contributed by atoms with Crippen molar-refractivity contribution in [3.63, 3.8) is 0 Å². The Labute approximate surface area is 183 Å². The zero-order chi connectivity index (χ0) is 19.1. The van der Waals surface area contributed by atoms with Crippen molar-refractivity contribution in [1.29, 1.82) is 0 Å². The molecule has 2 aromatic carbocycles. The van der Waals surface area contributed by atoms with Gasteiger partial charge in [0.15, 0.2) is 0 Å². The van der Waals surface area contributed by atoms with Crippen LogP contribution in [0.3, 0.4) is 0 Å². The lowest BCUT2D eigenvalue weighted by Gasteiger charge is -2.32. The topological polar surface area (TPSA) is 67.6 Å². The van der Waals surface area contributed by atoms with Gasteiger partial charge in [0, 0.05) is 25.3 Å². The van der Waals surface area contributed by atoms with Gasteiger partial charge in [0.05, 0.1) is 5.92 Å². The zero-order valence-corrected chi connectivity index (χ0v) is 17.8. The first-order valence-corrected chi connectivity index (χ1v) is 9.34. The molecule has 29 heavy (non-hydrogen) atoms. The number of ether oxygens (including phenoxy) is 1. The summed E-state index contributed by atoms with van der Waals surface area (Å²) < 4.78 is 18.8. The van der Waals surface area contributed by atoms with Crippen LogP contribution in [0.2, 0.25) is 0 Å². The third-order valence-electron chi connectivity index (χ3n) is 4.68. The van der Waals surface area contributed by atoms with Gasteiger partial charge in [-0.15, -0.1) is 24.8 Å². The molecule has 1 aliphatic heterocycles. The molecule has 1 aliphatic rings. The average molecular weight is 444 g/mol. The molecule has 3 N–H and O–H groups in total. The molecule has 0 aliphatic carbocycles. The molecule has 2 aromatic rings. The highest BCUT2D eigenvalue weighted by Crippen LogP contribution is 2.22. The van der Waals surface area contributed by atoms with Gasteiger partial charge in [-0.25, -0.2) is 4.39 Å². The van der Waals surface area contributed by atoms with Gasteiger partial charge in [0.25, 0.3) is 0 Å². The van der Waals surface area contributed by atoms with Gasteiger partial charge in [0.1, 0.15) is 18.2 Å². The molecule has 1 unspecified atom stereocenters. The number of nitrogens with one attached hydrogen (secondary N) is 1. The van der Waals surface area contributed by atoms with Crippen molar-refractivity contribution in [2.45, 2.75) is 19.4 Å². The van der Waals surface area contributed by atoms with E-state index < -0.39 is 0 Å². The van der Waals surface area contributed by atoms with Crippen molar-refractivity contribution in [1.82, 2.24) is 4.90 Å². The predicted molar refractivity (Wildman–Crippen MR) is 119 cm³/mol. The fraction of sp³-hybridized carbons (Fsp3) is 0.381. The van der Waals surface area contributed by atoms with Gasteiger partial charge < -0.3 is 15.8 Å². The normalized spacial score (nSPS) is 16.3. The van der Waals surface area contributed by atoms with E-state index in [1.54, 1.807) is 12.1 Å². The van der Waals surface area contributed by atoms with Crippen LogP contribution in [-0.4, -0.2) is 37.0 Å². The number of rotatable bonds is 7. The number of nitrogens with two attached hydrogens (primary N) is 1. The standard InChI is InChI=1S/C21H26FN3O2.2ClH/c22-18-5-1-3-16(13-18)14-25-11-2-4-17(15-25)21(26)24-19-6-8-20(9-7-19)27-12-10-23;;/h1,3,5-9,13,17H,2,4,10-12,14-15,23H2,(H,24,26);2*1H. The molecule has 5 nitrogen and oxygen atoms in total. The first kappa shape index (κ1) is 25.2. The highest BCUT2D eigenvalue weighted by atomic mass is 35.5. The van der Waals surface area contributed by atoms with Crippen molar-refractivity contribution in [2.24, 2.45) is 11.7 Å². The fourth-order valence-electron chi connectivity index (χ4n) is 3.36. The van der Waals surface area contributed by atoms with Crippen LogP contribution < -0.4 is 15.8 Å². The molecule has 0 spiro atoms. The van der Waals surface area contributed by atoms with Crippen molar-refractivity contribution in [2.75, 3.05) is 31.6 Å². The van der Waals surface area contributed by atoms with Gasteiger partial charge in [-0.3, -0.25) is 9.69 Å². The summed E-state index contributed by atoms with van der Waals surface area (Å²) in [7, 11) is 0. The van der Waals surface area contributed by atoms with E-state index in [9.17, 15) is 9.18 Å². The Hall–Kier alpha value is -1.86. The number of carbonyl (C=O) groups is 1. The lowest BCUT2D eigenvalue weighted by Crippen LogP contribution is -2.40. The van der Waals surface area contributed by atoms with E-state index in [1.807, 2.05) is 30.3 Å². The smallest absolute Gasteiger partial charge is 0.228 e. The maximum atomic E-state index is 13.4. The number of carbonyl (C=O) groups excluding carboxylic acids is 1. The monoisotopic (exact) mass is 443 g/mol. The summed E-state index contributed by atoms with van der Waals surface area (Å²) in [5.74, 6) is 0.463. The third kappa shape index (κ3) is 7.82. The van der Waals surface area contributed by atoms with Crippen molar-refractivity contribution in [3.05, 3.63) is 59.9 Å². The van der Waals surface area contributed by atoms with Crippen LogP contribution in [0.1, 0.15) is 18.4 Å². The Kier molecular flexibility index (Phi) is 11.0. The second kappa shape index (κ2) is 12.6. The second-order valence-corrected chi connectivity index (χ2v) is 6.85. The maximum absolute atomic E-state index is 13.4. The Balaban J connectivity index is 0.00000210. The molecule has 0 aromatic heterocycles. The van der Waals surface area contributed by atoms with Gasteiger partial charge in [0.2, 0.25) is 5.91 Å². The number of benzene rings is 2. The summed E-state index contributed by atoms with van der Waals surface area (Å²) in [4.78, 5) is 14.8. The largest absolute Gasteiger partial charge is 0.492 e. The van der Waals surface area contributed by atoms with Crippen molar-refractivity contribution < 1.29 is 13.9 Å². The van der Waals surface area contributed by atoms with Gasteiger partial charge in [-0.1, -0.05) is 12.1 Å². The third-order valence-corrected chi connectivity index (χ3v) is 4.68. The zero-order valence-electron chi connectivity index (χ0n) is 16.2. The van der Waals surface area contributed by atoms with Crippen LogP contribution in [0, 0.1) is 11.7 Å². The second-order valence-electron chi connectivity index (χ2n) is 6.85. The Bertz CT molecular complexity index is 762. The van der Waals surface area contributed by atoms with E-state index in [-0.39, 0.29) is 42.5 Å². The lowest BCUT2D eigenvalue weighted by molar-refractivity contribution is -0.121. The Morgan fingerprint density at radius 1 is 1.21 bits per heavy atom. The number of hydrogen-bond donors (Lipinski definition) is 2. The Morgan fingerprint density at radius 2 is 1.97 bits per heavy atom. The summed E-state index contributed by atoms with van der Waals surface area (Å²) >= 11 is 0. The van der Waals surface area contributed by atoms with Gasteiger partial charge >= 0.3 is 0 Å². The molecule has 1 amide bonds. The van der Waals surface area contributed by atoms with Crippen LogP contribution in [-0.2, 0) is 11.3 Å². The van der Waals surface area contributed by atoms with Crippen LogP contribution >= 0.6 is 24.8 Å². The lowest BCUT2D eigenvalue weighted by atomic mass is 9.96. The number of likely N-dealkylation sites (tertiary alicyclic amines) is 1. The molecule has 0 bridgehead atoms. The van der Waals surface area contributed by atoms with E-state index in [0.29, 0.717) is 26.2 Å². The molecule has 8 heteroatoms. The van der Waals surface area contributed by atoms with E-state index in [0.717, 1.165) is 36.4 Å². The number of hydrogen-bond acceptors (Lipinski definition) is 4. The van der Waals surface area contributed by atoms with E-state index >= 15 is 0 Å². The number of amides is 1. The molecular formula is C21H28Cl2FN3O2. The van der Waals surface area contributed by atoms with Crippen molar-refractivity contribution in [3.8, 4) is 5.75 Å². The molecule has 1 saturated heterocycles. The molecular weight excluding hydrogens is 416 g/mol.